The van der Waals surface area contributed by atoms with Crippen LogP contribution < -0.4 is 10.6 Å². The first-order chi connectivity index (χ1) is 9.66. The summed E-state index contributed by atoms with van der Waals surface area (Å²) >= 11 is 5.17. The topological polar surface area (TPSA) is 49.8 Å². The zero-order chi connectivity index (χ0) is 14.4. The number of anilines is 1. The molecular weight excluding hydrogens is 275 g/mol. The van der Waals surface area contributed by atoms with Crippen molar-refractivity contribution in [3.63, 3.8) is 0 Å². The van der Waals surface area contributed by atoms with Crippen LogP contribution in [0.4, 0.5) is 10.2 Å². The van der Waals surface area contributed by atoms with Crippen LogP contribution in [0.3, 0.4) is 0 Å². The Kier molecular flexibility index (Phi) is 4.95. The first kappa shape index (κ1) is 14.3. The molecule has 0 spiro atoms. The molecule has 0 saturated heterocycles. The van der Waals surface area contributed by atoms with E-state index < -0.39 is 0 Å². The molecule has 0 radical (unpaired) electrons. The van der Waals surface area contributed by atoms with E-state index >= 15 is 0 Å². The Morgan fingerprint density at radius 2 is 2.00 bits per heavy atom. The predicted molar refractivity (Wildman–Crippen MR) is 81.1 cm³/mol. The third-order valence-electron chi connectivity index (χ3n) is 2.72. The maximum atomic E-state index is 13.4. The molecule has 0 atom stereocenters. The monoisotopic (exact) mass is 290 g/mol. The van der Waals surface area contributed by atoms with Gasteiger partial charge < -0.3 is 10.6 Å². The first-order valence-corrected chi connectivity index (χ1v) is 6.63. The van der Waals surface area contributed by atoms with Crippen molar-refractivity contribution in [2.45, 2.75) is 13.3 Å². The quantitative estimate of drug-likeness (QED) is 0.847. The molecule has 2 heterocycles. The van der Waals surface area contributed by atoms with Crippen molar-refractivity contribution in [3.05, 3.63) is 53.7 Å². The normalized spacial score (nSPS) is 10.1. The van der Waals surface area contributed by atoms with Crippen LogP contribution in [0.25, 0.3) is 0 Å². The fourth-order valence-electron chi connectivity index (χ4n) is 1.67. The number of nitrogens with zero attached hydrogens (tertiary/aromatic N) is 2. The molecule has 4 nitrogen and oxygen atoms in total. The number of pyridine rings is 2. The average molecular weight is 290 g/mol. The Labute approximate surface area is 122 Å². The molecule has 20 heavy (non-hydrogen) atoms. The highest BCUT2D eigenvalue weighted by Gasteiger charge is 2.04. The van der Waals surface area contributed by atoms with E-state index in [9.17, 15) is 4.39 Å². The van der Waals surface area contributed by atoms with Gasteiger partial charge in [-0.15, -0.1) is 0 Å². The van der Waals surface area contributed by atoms with E-state index in [1.54, 1.807) is 18.5 Å². The zero-order valence-corrected chi connectivity index (χ0v) is 11.9. The van der Waals surface area contributed by atoms with Crippen molar-refractivity contribution in [2.75, 3.05) is 11.9 Å². The summed E-state index contributed by atoms with van der Waals surface area (Å²) in [6, 6.07) is 6.78. The molecule has 0 saturated carbocycles. The number of hydrogen-bond donors (Lipinski definition) is 2. The molecular formula is C14H15FN4S. The number of halogens is 1. The van der Waals surface area contributed by atoms with Crippen molar-refractivity contribution in [2.24, 2.45) is 0 Å². The van der Waals surface area contributed by atoms with Crippen LogP contribution in [0, 0.1) is 12.7 Å². The third-order valence-corrected chi connectivity index (χ3v) is 2.97. The van der Waals surface area contributed by atoms with Gasteiger partial charge in [0, 0.05) is 25.4 Å². The Morgan fingerprint density at radius 1 is 1.25 bits per heavy atom. The standard InChI is InChI=1S/C14H15FN4S/c1-10-4-2-8-17-13(10)19-14(20)18-9-6-12-11(15)5-3-7-16-12/h2-5,7-8H,6,9H2,1H3,(H2,17,18,19,20). The molecule has 6 heteroatoms. The molecule has 0 fully saturated rings. The fourth-order valence-corrected chi connectivity index (χ4v) is 1.86. The van der Waals surface area contributed by atoms with Crippen LogP contribution in [0.2, 0.25) is 0 Å². The van der Waals surface area contributed by atoms with Gasteiger partial charge in [-0.1, -0.05) is 6.07 Å². The lowest BCUT2D eigenvalue weighted by Crippen LogP contribution is -2.31. The number of thiocarbonyl (C=S) groups is 1. The van der Waals surface area contributed by atoms with E-state index in [1.165, 1.54) is 6.07 Å². The van der Waals surface area contributed by atoms with Crippen molar-refractivity contribution in [3.8, 4) is 0 Å². The van der Waals surface area contributed by atoms with E-state index in [0.29, 0.717) is 29.6 Å². The molecule has 0 aromatic carbocycles. The third kappa shape index (κ3) is 3.96. The lowest BCUT2D eigenvalue weighted by atomic mass is 10.2. The van der Waals surface area contributed by atoms with E-state index in [1.807, 2.05) is 19.1 Å². The average Bonchev–Trinajstić information content (AvgIpc) is 2.43. The maximum Gasteiger partial charge on any atom is 0.171 e. The molecule has 2 aromatic rings. The van der Waals surface area contributed by atoms with Crippen LogP contribution in [0.5, 0.6) is 0 Å². The smallest absolute Gasteiger partial charge is 0.171 e. The SMILES string of the molecule is Cc1cccnc1NC(=S)NCCc1ncccc1F. The summed E-state index contributed by atoms with van der Waals surface area (Å²) in [5, 5.41) is 6.48. The zero-order valence-electron chi connectivity index (χ0n) is 11.1. The second-order valence-corrected chi connectivity index (χ2v) is 4.64. The lowest BCUT2D eigenvalue weighted by Gasteiger charge is -2.11. The second kappa shape index (κ2) is 6.91. The van der Waals surface area contributed by atoms with Gasteiger partial charge in [0.2, 0.25) is 0 Å². The van der Waals surface area contributed by atoms with Gasteiger partial charge in [-0.25, -0.2) is 9.37 Å². The molecule has 2 N–H and O–H groups in total. The van der Waals surface area contributed by atoms with Gasteiger partial charge in [-0.2, -0.15) is 0 Å². The van der Waals surface area contributed by atoms with E-state index in [-0.39, 0.29) is 5.82 Å². The summed E-state index contributed by atoms with van der Waals surface area (Å²) in [5.41, 5.74) is 1.43. The van der Waals surface area contributed by atoms with Crippen molar-refractivity contribution >= 4 is 23.1 Å². The summed E-state index contributed by atoms with van der Waals surface area (Å²) in [6.45, 7) is 2.45. The molecule has 2 aromatic heterocycles. The number of rotatable bonds is 4. The van der Waals surface area contributed by atoms with Crippen molar-refractivity contribution in [1.29, 1.82) is 0 Å². The Morgan fingerprint density at radius 3 is 2.75 bits per heavy atom. The molecule has 2 rings (SSSR count). The van der Waals surface area contributed by atoms with Gasteiger partial charge in [-0.3, -0.25) is 4.98 Å². The van der Waals surface area contributed by atoms with Gasteiger partial charge in [-0.05, 0) is 42.9 Å². The minimum atomic E-state index is -0.297. The number of aryl methyl sites for hydroxylation is 1. The van der Waals surface area contributed by atoms with Gasteiger partial charge in [0.05, 0.1) is 5.69 Å². The highest BCUT2D eigenvalue weighted by atomic mass is 32.1. The maximum absolute atomic E-state index is 13.4. The Bertz CT molecular complexity index is 603. The van der Waals surface area contributed by atoms with Crippen molar-refractivity contribution < 1.29 is 4.39 Å². The summed E-state index contributed by atoms with van der Waals surface area (Å²) in [6.07, 6.45) is 3.74. The molecule has 0 aliphatic rings. The summed E-state index contributed by atoms with van der Waals surface area (Å²) in [7, 11) is 0. The van der Waals surface area contributed by atoms with Crippen molar-refractivity contribution in [1.82, 2.24) is 15.3 Å². The molecule has 0 amide bonds. The van der Waals surface area contributed by atoms with Gasteiger partial charge >= 0.3 is 0 Å². The fraction of sp³-hybridized carbons (Fsp3) is 0.214. The molecule has 0 aliphatic heterocycles. The van der Waals surface area contributed by atoms with Crippen LogP contribution in [0.15, 0.2) is 36.7 Å². The van der Waals surface area contributed by atoms with Gasteiger partial charge in [0.1, 0.15) is 11.6 Å². The summed E-state index contributed by atoms with van der Waals surface area (Å²) in [4.78, 5) is 8.17. The van der Waals surface area contributed by atoms with Crippen LogP contribution in [0.1, 0.15) is 11.3 Å². The highest BCUT2D eigenvalue weighted by molar-refractivity contribution is 7.80. The molecule has 0 unspecified atom stereocenters. The van der Waals surface area contributed by atoms with Gasteiger partial charge in [0.15, 0.2) is 5.11 Å². The first-order valence-electron chi connectivity index (χ1n) is 6.22. The second-order valence-electron chi connectivity index (χ2n) is 4.23. The van der Waals surface area contributed by atoms with Crippen LogP contribution in [-0.2, 0) is 6.42 Å². The minimum absolute atomic E-state index is 0.297. The van der Waals surface area contributed by atoms with E-state index in [0.717, 1.165) is 5.56 Å². The highest BCUT2D eigenvalue weighted by Crippen LogP contribution is 2.08. The predicted octanol–water partition coefficient (Wildman–Crippen LogP) is 2.45. The number of hydrogen-bond acceptors (Lipinski definition) is 3. The van der Waals surface area contributed by atoms with E-state index in [2.05, 4.69) is 20.6 Å². The minimum Gasteiger partial charge on any atom is -0.362 e. The van der Waals surface area contributed by atoms with Crippen LogP contribution in [-0.4, -0.2) is 21.6 Å². The Hall–Kier alpha value is -2.08. The van der Waals surface area contributed by atoms with E-state index in [4.69, 9.17) is 12.2 Å². The molecule has 0 bridgehead atoms. The number of nitrogens with one attached hydrogen (secondary N) is 2. The van der Waals surface area contributed by atoms with Crippen LogP contribution >= 0.6 is 12.2 Å². The summed E-state index contributed by atoms with van der Waals surface area (Å²) < 4.78 is 13.4. The lowest BCUT2D eigenvalue weighted by molar-refractivity contribution is 0.596. The largest absolute Gasteiger partial charge is 0.362 e. The molecule has 104 valence electrons. The Balaban J connectivity index is 1.82. The van der Waals surface area contributed by atoms with Gasteiger partial charge in [0.25, 0.3) is 0 Å². The summed E-state index contributed by atoms with van der Waals surface area (Å²) in [5.74, 6) is 0.419. The number of aromatic nitrogens is 2. The molecule has 0 aliphatic carbocycles.